The van der Waals surface area contributed by atoms with Crippen LogP contribution in [-0.2, 0) is 21.2 Å². The fourth-order valence-electron chi connectivity index (χ4n) is 1.72. The molecule has 0 aliphatic rings. The van der Waals surface area contributed by atoms with E-state index >= 15 is 0 Å². The van der Waals surface area contributed by atoms with Crippen LogP contribution in [0.4, 0.5) is 0 Å². The minimum absolute atomic E-state index is 0.0351. The van der Waals surface area contributed by atoms with Crippen LogP contribution in [0.3, 0.4) is 0 Å². The number of sulfonamides is 1. The lowest BCUT2D eigenvalue weighted by Gasteiger charge is -2.11. The minimum atomic E-state index is -3.80. The molecule has 0 saturated carbocycles. The van der Waals surface area contributed by atoms with Gasteiger partial charge in [0.05, 0.1) is 30.3 Å². The number of carboxylic acid groups (broad SMARTS) is 1. The smallest absolute Gasteiger partial charge is 0.335 e. The number of aliphatic hydroxyl groups excluding tert-OH is 1. The Morgan fingerprint density at radius 2 is 2.05 bits per heavy atom. The molecule has 3 N–H and O–H groups in total. The van der Waals surface area contributed by atoms with Gasteiger partial charge in [-0.15, -0.1) is 0 Å². The number of benzene rings is 1. The zero-order valence-corrected chi connectivity index (χ0v) is 12.5. The Kier molecular flexibility index (Phi) is 6.76. The summed E-state index contributed by atoms with van der Waals surface area (Å²) in [5.74, 6) is -1.18. The second-order valence-electron chi connectivity index (χ2n) is 4.21. The van der Waals surface area contributed by atoms with Crippen molar-refractivity contribution in [3.8, 4) is 0 Å². The number of rotatable bonds is 9. The van der Waals surface area contributed by atoms with Crippen molar-refractivity contribution in [2.45, 2.75) is 18.2 Å². The fraction of sp³-hybridized carbons (Fsp3) is 0.462. The summed E-state index contributed by atoms with van der Waals surface area (Å²) in [4.78, 5) is 10.9. The van der Waals surface area contributed by atoms with Crippen molar-refractivity contribution in [3.05, 3.63) is 29.3 Å². The lowest BCUT2D eigenvalue weighted by Crippen LogP contribution is -2.28. The average molecular weight is 317 g/mol. The van der Waals surface area contributed by atoms with Crippen LogP contribution < -0.4 is 4.72 Å². The fourth-order valence-corrected chi connectivity index (χ4v) is 3.07. The third-order valence-corrected chi connectivity index (χ3v) is 4.30. The van der Waals surface area contributed by atoms with Crippen LogP contribution in [0.2, 0.25) is 0 Å². The molecule has 0 aliphatic carbocycles. The summed E-state index contributed by atoms with van der Waals surface area (Å²) in [6.07, 6.45) is 0.469. The first kappa shape index (κ1) is 17.6. The molecule has 118 valence electrons. The third kappa shape index (κ3) is 5.09. The first-order valence-electron chi connectivity index (χ1n) is 6.47. The Morgan fingerprint density at radius 3 is 2.62 bits per heavy atom. The monoisotopic (exact) mass is 317 g/mol. The van der Waals surface area contributed by atoms with Crippen LogP contribution in [0.5, 0.6) is 0 Å². The van der Waals surface area contributed by atoms with Gasteiger partial charge in [0, 0.05) is 6.54 Å². The zero-order valence-electron chi connectivity index (χ0n) is 11.7. The van der Waals surface area contributed by atoms with Crippen molar-refractivity contribution in [3.63, 3.8) is 0 Å². The molecule has 0 spiro atoms. The average Bonchev–Trinajstić information content (AvgIpc) is 2.46. The Bertz CT molecular complexity index is 584. The summed E-state index contributed by atoms with van der Waals surface area (Å²) in [5.41, 5.74) is 0.466. The summed E-state index contributed by atoms with van der Waals surface area (Å²) in [6.45, 7) is 1.96. The molecule has 0 bridgehead atoms. The number of aliphatic hydroxyl groups is 1. The van der Waals surface area contributed by atoms with E-state index in [2.05, 4.69) is 4.72 Å². The van der Waals surface area contributed by atoms with Gasteiger partial charge in [0.25, 0.3) is 0 Å². The number of carbonyl (C=O) groups is 1. The first-order valence-corrected chi connectivity index (χ1v) is 7.95. The molecule has 0 aliphatic heterocycles. The standard InChI is InChI=1S/C13H19NO6S/c1-2-10-3-4-11(13(16)17)9-12(10)21(18,19)14-5-7-20-8-6-15/h3-4,9,14-15H,2,5-8H2,1H3,(H,16,17). The number of carboxylic acids is 1. The van der Waals surface area contributed by atoms with Crippen LogP contribution in [0.25, 0.3) is 0 Å². The number of nitrogens with one attached hydrogen (secondary N) is 1. The predicted molar refractivity (Wildman–Crippen MR) is 75.9 cm³/mol. The Hall–Kier alpha value is -1.48. The van der Waals surface area contributed by atoms with Crippen LogP contribution >= 0.6 is 0 Å². The van der Waals surface area contributed by atoms with E-state index in [1.165, 1.54) is 12.1 Å². The topological polar surface area (TPSA) is 113 Å². The second-order valence-corrected chi connectivity index (χ2v) is 5.95. The summed E-state index contributed by atoms with van der Waals surface area (Å²) < 4.78 is 31.7. The van der Waals surface area contributed by atoms with Gasteiger partial charge in [0.1, 0.15) is 0 Å². The molecule has 0 saturated heterocycles. The first-order chi connectivity index (χ1) is 9.92. The normalized spacial score (nSPS) is 11.5. The highest BCUT2D eigenvalue weighted by atomic mass is 32.2. The van der Waals surface area contributed by atoms with Gasteiger partial charge < -0.3 is 14.9 Å². The van der Waals surface area contributed by atoms with E-state index in [4.69, 9.17) is 14.9 Å². The molecule has 0 atom stereocenters. The van der Waals surface area contributed by atoms with Crippen molar-refractivity contribution >= 4 is 16.0 Å². The van der Waals surface area contributed by atoms with Crippen LogP contribution in [-0.4, -0.2) is 51.0 Å². The molecule has 0 aromatic heterocycles. The van der Waals surface area contributed by atoms with E-state index in [9.17, 15) is 13.2 Å². The molecule has 0 unspecified atom stereocenters. The Labute approximate surface area is 123 Å². The lowest BCUT2D eigenvalue weighted by atomic mass is 10.1. The van der Waals surface area contributed by atoms with E-state index in [-0.39, 0.29) is 36.8 Å². The molecule has 1 rings (SSSR count). The van der Waals surface area contributed by atoms with E-state index in [0.717, 1.165) is 6.07 Å². The van der Waals surface area contributed by atoms with Gasteiger partial charge in [-0.3, -0.25) is 0 Å². The maximum Gasteiger partial charge on any atom is 0.335 e. The van der Waals surface area contributed by atoms with Gasteiger partial charge in [0.2, 0.25) is 10.0 Å². The van der Waals surface area contributed by atoms with E-state index < -0.39 is 16.0 Å². The number of ether oxygens (including phenoxy) is 1. The van der Waals surface area contributed by atoms with E-state index in [0.29, 0.717) is 12.0 Å². The highest BCUT2D eigenvalue weighted by Gasteiger charge is 2.19. The highest BCUT2D eigenvalue weighted by molar-refractivity contribution is 7.89. The molecular weight excluding hydrogens is 298 g/mol. The number of aromatic carboxylic acids is 1. The summed E-state index contributed by atoms with van der Waals surface area (Å²) in [5, 5.41) is 17.5. The summed E-state index contributed by atoms with van der Waals surface area (Å²) in [7, 11) is -3.80. The van der Waals surface area contributed by atoms with Gasteiger partial charge in [-0.1, -0.05) is 13.0 Å². The molecule has 1 aromatic carbocycles. The molecule has 0 fully saturated rings. The van der Waals surface area contributed by atoms with Crippen molar-refractivity contribution in [1.29, 1.82) is 0 Å². The van der Waals surface area contributed by atoms with Gasteiger partial charge in [0.15, 0.2) is 0 Å². The van der Waals surface area contributed by atoms with Gasteiger partial charge in [-0.05, 0) is 24.1 Å². The van der Waals surface area contributed by atoms with E-state index in [1.54, 1.807) is 6.92 Å². The molecule has 8 heteroatoms. The number of aryl methyl sites for hydroxylation is 1. The Balaban J connectivity index is 2.90. The third-order valence-electron chi connectivity index (χ3n) is 2.76. The maximum absolute atomic E-state index is 12.2. The lowest BCUT2D eigenvalue weighted by molar-refractivity contribution is 0.0696. The van der Waals surface area contributed by atoms with Gasteiger partial charge in [-0.2, -0.15) is 0 Å². The highest BCUT2D eigenvalue weighted by Crippen LogP contribution is 2.18. The summed E-state index contributed by atoms with van der Waals surface area (Å²) in [6, 6.07) is 4.03. The zero-order chi connectivity index (χ0) is 15.9. The second kappa shape index (κ2) is 8.08. The minimum Gasteiger partial charge on any atom is -0.478 e. The Morgan fingerprint density at radius 1 is 1.33 bits per heavy atom. The quantitative estimate of drug-likeness (QED) is 0.562. The van der Waals surface area contributed by atoms with Crippen molar-refractivity contribution < 1.29 is 28.2 Å². The molecular formula is C13H19NO6S. The molecule has 0 amide bonds. The van der Waals surface area contributed by atoms with Crippen molar-refractivity contribution in [2.75, 3.05) is 26.4 Å². The molecule has 0 heterocycles. The largest absolute Gasteiger partial charge is 0.478 e. The molecule has 7 nitrogen and oxygen atoms in total. The van der Waals surface area contributed by atoms with Crippen molar-refractivity contribution in [1.82, 2.24) is 4.72 Å². The van der Waals surface area contributed by atoms with E-state index in [1.807, 2.05) is 0 Å². The van der Waals surface area contributed by atoms with Crippen LogP contribution in [0, 0.1) is 0 Å². The molecule has 1 aromatic rings. The molecule has 21 heavy (non-hydrogen) atoms. The maximum atomic E-state index is 12.2. The van der Waals surface area contributed by atoms with Crippen LogP contribution in [0.1, 0.15) is 22.8 Å². The SMILES string of the molecule is CCc1ccc(C(=O)O)cc1S(=O)(=O)NCCOCCO. The van der Waals surface area contributed by atoms with Gasteiger partial charge in [-0.25, -0.2) is 17.9 Å². The van der Waals surface area contributed by atoms with Crippen molar-refractivity contribution in [2.24, 2.45) is 0 Å². The summed E-state index contributed by atoms with van der Waals surface area (Å²) >= 11 is 0. The van der Waals surface area contributed by atoms with Crippen LogP contribution in [0.15, 0.2) is 23.1 Å². The molecule has 0 radical (unpaired) electrons. The number of hydrogen-bond acceptors (Lipinski definition) is 5. The number of hydrogen-bond donors (Lipinski definition) is 3. The predicted octanol–water partition coefficient (Wildman–Crippen LogP) is 0.234. The van der Waals surface area contributed by atoms with Gasteiger partial charge >= 0.3 is 5.97 Å².